The summed E-state index contributed by atoms with van der Waals surface area (Å²) in [5.41, 5.74) is 1.30. The number of aromatic nitrogens is 1. The van der Waals surface area contributed by atoms with Gasteiger partial charge in [0.2, 0.25) is 0 Å². The summed E-state index contributed by atoms with van der Waals surface area (Å²) in [5, 5.41) is 21.8. The van der Waals surface area contributed by atoms with Crippen LogP contribution in [0.4, 0.5) is 5.69 Å². The second kappa shape index (κ2) is 6.65. The highest BCUT2D eigenvalue weighted by Gasteiger charge is 2.19. The fourth-order valence-corrected chi connectivity index (χ4v) is 4.74. The molecule has 0 spiro atoms. The van der Waals surface area contributed by atoms with Crippen LogP contribution in [-0.4, -0.2) is 23.6 Å². The predicted octanol–water partition coefficient (Wildman–Crippen LogP) is 4.67. The molecule has 4 aromatic rings. The van der Waals surface area contributed by atoms with E-state index in [1.165, 1.54) is 24.4 Å². The van der Waals surface area contributed by atoms with E-state index in [9.17, 15) is 18.6 Å². The Hall–Kier alpha value is -2.84. The van der Waals surface area contributed by atoms with E-state index in [0.717, 1.165) is 5.39 Å². The lowest BCUT2D eigenvalue weighted by Crippen LogP contribution is -2.13. The normalized spacial score (nSPS) is 11.8. The minimum atomic E-state index is -3.90. The number of anilines is 1. The van der Waals surface area contributed by atoms with Gasteiger partial charge in [-0.3, -0.25) is 9.71 Å². The molecule has 6 nitrogen and oxygen atoms in total. The maximum absolute atomic E-state index is 13.0. The van der Waals surface area contributed by atoms with Gasteiger partial charge in [-0.1, -0.05) is 22.0 Å². The number of aromatic hydroxyl groups is 2. The van der Waals surface area contributed by atoms with Crippen LogP contribution < -0.4 is 4.72 Å². The number of pyridine rings is 1. The average Bonchev–Trinajstić information content (AvgIpc) is 2.68. The van der Waals surface area contributed by atoms with E-state index < -0.39 is 10.0 Å². The standard InChI is InChI=1S/C20H15BrN2O4S/c1-11-13-5-4-12(9-15(13)16(21)10-19(11)25)28(26,27)23-17-6-7-18(24)14-3-2-8-22-20(14)17/h2-10,23-25H,1H3. The molecule has 0 radical (unpaired) electrons. The molecule has 0 aliphatic rings. The summed E-state index contributed by atoms with van der Waals surface area (Å²) in [6.07, 6.45) is 1.53. The van der Waals surface area contributed by atoms with Gasteiger partial charge in [0, 0.05) is 16.1 Å². The average molecular weight is 459 g/mol. The van der Waals surface area contributed by atoms with Crippen LogP contribution in [0.5, 0.6) is 11.5 Å². The van der Waals surface area contributed by atoms with Crippen LogP contribution in [-0.2, 0) is 10.0 Å². The summed E-state index contributed by atoms with van der Waals surface area (Å²) >= 11 is 3.38. The number of sulfonamides is 1. The van der Waals surface area contributed by atoms with Gasteiger partial charge < -0.3 is 10.2 Å². The van der Waals surface area contributed by atoms with Crippen molar-refractivity contribution in [3.63, 3.8) is 0 Å². The Morgan fingerprint density at radius 1 is 0.964 bits per heavy atom. The molecule has 1 heterocycles. The molecular formula is C20H15BrN2O4S. The number of fused-ring (bicyclic) bond motifs is 2. The molecular weight excluding hydrogens is 444 g/mol. The number of aryl methyl sites for hydroxylation is 1. The molecule has 0 saturated heterocycles. The highest BCUT2D eigenvalue weighted by Crippen LogP contribution is 2.35. The maximum Gasteiger partial charge on any atom is 0.261 e. The Morgan fingerprint density at radius 2 is 1.75 bits per heavy atom. The molecule has 142 valence electrons. The third-order valence-corrected chi connectivity index (χ3v) is 6.62. The van der Waals surface area contributed by atoms with Crippen molar-refractivity contribution in [3.8, 4) is 11.5 Å². The van der Waals surface area contributed by atoms with E-state index in [4.69, 9.17) is 0 Å². The summed E-state index contributed by atoms with van der Waals surface area (Å²) in [5.74, 6) is 0.158. The van der Waals surface area contributed by atoms with Crippen molar-refractivity contribution in [1.82, 2.24) is 4.98 Å². The Balaban J connectivity index is 1.83. The second-order valence-corrected chi connectivity index (χ2v) is 8.88. The lowest BCUT2D eigenvalue weighted by molar-refractivity contribution is 0.472. The molecule has 0 aliphatic heterocycles. The fraction of sp³-hybridized carbons (Fsp3) is 0.0500. The van der Waals surface area contributed by atoms with E-state index >= 15 is 0 Å². The van der Waals surface area contributed by atoms with Gasteiger partial charge in [-0.25, -0.2) is 8.42 Å². The first-order chi connectivity index (χ1) is 13.3. The van der Waals surface area contributed by atoms with Gasteiger partial charge in [0.15, 0.2) is 0 Å². The Kier molecular flexibility index (Phi) is 4.40. The Morgan fingerprint density at radius 3 is 2.54 bits per heavy atom. The first-order valence-corrected chi connectivity index (χ1v) is 10.6. The zero-order valence-electron chi connectivity index (χ0n) is 14.6. The molecule has 8 heteroatoms. The van der Waals surface area contributed by atoms with Crippen molar-refractivity contribution in [2.24, 2.45) is 0 Å². The maximum atomic E-state index is 13.0. The van der Waals surface area contributed by atoms with Gasteiger partial charge in [0.25, 0.3) is 10.0 Å². The third-order valence-electron chi connectivity index (χ3n) is 4.60. The molecule has 1 aromatic heterocycles. The lowest BCUT2D eigenvalue weighted by Gasteiger charge is -2.13. The lowest BCUT2D eigenvalue weighted by atomic mass is 10.0. The van der Waals surface area contributed by atoms with Gasteiger partial charge in [-0.15, -0.1) is 0 Å². The molecule has 0 bridgehead atoms. The highest BCUT2D eigenvalue weighted by molar-refractivity contribution is 9.10. The highest BCUT2D eigenvalue weighted by atomic mass is 79.9. The van der Waals surface area contributed by atoms with Gasteiger partial charge in [-0.05, 0) is 65.7 Å². The molecule has 4 rings (SSSR count). The number of nitrogens with zero attached hydrogens (tertiary/aromatic N) is 1. The van der Waals surface area contributed by atoms with Crippen LogP contribution in [0.3, 0.4) is 0 Å². The van der Waals surface area contributed by atoms with Gasteiger partial charge in [0.05, 0.1) is 16.1 Å². The third kappa shape index (κ3) is 3.04. The van der Waals surface area contributed by atoms with Crippen LogP contribution in [0.25, 0.3) is 21.7 Å². The number of hydrogen-bond acceptors (Lipinski definition) is 5. The van der Waals surface area contributed by atoms with Gasteiger partial charge >= 0.3 is 0 Å². The Bertz CT molecular complexity index is 1350. The molecule has 0 fully saturated rings. The first-order valence-electron chi connectivity index (χ1n) is 8.29. The van der Waals surface area contributed by atoms with Crippen LogP contribution in [0, 0.1) is 6.92 Å². The molecule has 0 saturated carbocycles. The number of hydrogen-bond donors (Lipinski definition) is 3. The van der Waals surface area contributed by atoms with E-state index in [2.05, 4.69) is 25.6 Å². The number of halogens is 1. The molecule has 28 heavy (non-hydrogen) atoms. The molecule has 0 atom stereocenters. The van der Waals surface area contributed by atoms with Crippen molar-refractivity contribution >= 4 is 53.3 Å². The number of phenolic OH excluding ortho intramolecular Hbond substituents is 2. The topological polar surface area (TPSA) is 99.5 Å². The minimum Gasteiger partial charge on any atom is -0.508 e. The van der Waals surface area contributed by atoms with E-state index in [1.807, 2.05) is 0 Å². The molecule has 0 amide bonds. The fourth-order valence-electron chi connectivity index (χ4n) is 3.10. The molecule has 3 aromatic carbocycles. The predicted molar refractivity (Wildman–Crippen MR) is 112 cm³/mol. The van der Waals surface area contributed by atoms with Crippen LogP contribution in [0.15, 0.2) is 64.1 Å². The van der Waals surface area contributed by atoms with Gasteiger partial charge in [0.1, 0.15) is 11.5 Å². The molecule has 0 unspecified atom stereocenters. The number of nitrogens with one attached hydrogen (secondary N) is 1. The second-order valence-electron chi connectivity index (χ2n) is 6.35. The van der Waals surface area contributed by atoms with E-state index in [1.54, 1.807) is 37.3 Å². The molecule has 0 aliphatic carbocycles. The van der Waals surface area contributed by atoms with Crippen LogP contribution in [0.2, 0.25) is 0 Å². The summed E-state index contributed by atoms with van der Waals surface area (Å²) in [7, 11) is -3.90. The van der Waals surface area contributed by atoms with Crippen molar-refractivity contribution in [3.05, 3.63) is 64.8 Å². The van der Waals surface area contributed by atoms with E-state index in [-0.39, 0.29) is 22.1 Å². The largest absolute Gasteiger partial charge is 0.508 e. The Labute approximate surface area is 169 Å². The van der Waals surface area contributed by atoms with Crippen LogP contribution >= 0.6 is 15.9 Å². The van der Waals surface area contributed by atoms with Crippen molar-refractivity contribution in [1.29, 1.82) is 0 Å². The van der Waals surface area contributed by atoms with E-state index in [0.29, 0.717) is 26.3 Å². The quantitative estimate of drug-likeness (QED) is 0.387. The summed E-state index contributed by atoms with van der Waals surface area (Å²) < 4.78 is 29.1. The van der Waals surface area contributed by atoms with Gasteiger partial charge in [-0.2, -0.15) is 0 Å². The monoisotopic (exact) mass is 458 g/mol. The summed E-state index contributed by atoms with van der Waals surface area (Å²) in [6.45, 7) is 1.77. The van der Waals surface area contributed by atoms with Crippen molar-refractivity contribution < 1.29 is 18.6 Å². The summed E-state index contributed by atoms with van der Waals surface area (Å²) in [4.78, 5) is 4.26. The summed E-state index contributed by atoms with van der Waals surface area (Å²) in [6, 6.07) is 12.5. The number of benzene rings is 3. The smallest absolute Gasteiger partial charge is 0.261 e. The number of phenols is 2. The minimum absolute atomic E-state index is 0.0240. The number of rotatable bonds is 3. The molecule has 3 N–H and O–H groups in total. The van der Waals surface area contributed by atoms with Crippen LogP contribution in [0.1, 0.15) is 5.56 Å². The van der Waals surface area contributed by atoms with Crippen molar-refractivity contribution in [2.45, 2.75) is 11.8 Å². The van der Waals surface area contributed by atoms with Crippen molar-refractivity contribution in [2.75, 3.05) is 4.72 Å². The zero-order valence-corrected chi connectivity index (χ0v) is 17.0. The zero-order chi connectivity index (χ0) is 20.1. The SMILES string of the molecule is Cc1c(O)cc(Br)c2cc(S(=O)(=O)Nc3ccc(O)c4cccnc34)ccc12. The first kappa shape index (κ1) is 18.5.